The maximum Gasteiger partial charge on any atom is 0.307 e. The Hall–Kier alpha value is -2.08. The molecule has 2 heterocycles. The van der Waals surface area contributed by atoms with E-state index >= 15 is 0 Å². The number of likely N-dealkylation sites (tertiary alicyclic amines) is 1. The van der Waals surface area contributed by atoms with Crippen molar-refractivity contribution in [1.82, 2.24) is 9.80 Å². The molecule has 0 saturated carbocycles. The molecule has 0 bridgehead atoms. The molecule has 2 saturated heterocycles. The topological polar surface area (TPSA) is 64.1 Å². The molecule has 6 nitrogen and oxygen atoms in total. The Bertz CT molecular complexity index is 626. The van der Waals surface area contributed by atoms with Gasteiger partial charge in [0, 0.05) is 38.4 Å². The van der Waals surface area contributed by atoms with Crippen LogP contribution >= 0.6 is 0 Å². The number of amides is 1. The van der Waals surface area contributed by atoms with Gasteiger partial charge in [-0.2, -0.15) is 0 Å². The number of nitrogens with zero attached hydrogens (tertiary/aromatic N) is 3. The van der Waals surface area contributed by atoms with Crippen LogP contribution in [-0.2, 0) is 9.59 Å². The summed E-state index contributed by atoms with van der Waals surface area (Å²) in [7, 11) is 0. The highest BCUT2D eigenvalue weighted by Crippen LogP contribution is 2.19. The maximum absolute atomic E-state index is 12.6. The summed E-state index contributed by atoms with van der Waals surface area (Å²) < 4.78 is 0. The highest BCUT2D eigenvalue weighted by atomic mass is 16.4. The van der Waals surface area contributed by atoms with Gasteiger partial charge in [-0.25, -0.2) is 0 Å². The lowest BCUT2D eigenvalue weighted by Gasteiger charge is -2.38. The molecular weight excluding hydrogens is 318 g/mol. The monoisotopic (exact) mass is 345 g/mol. The van der Waals surface area contributed by atoms with Crippen molar-refractivity contribution in [1.29, 1.82) is 0 Å². The molecule has 2 fully saturated rings. The summed E-state index contributed by atoms with van der Waals surface area (Å²) >= 11 is 0. The number of carboxylic acids is 1. The number of piperazine rings is 1. The van der Waals surface area contributed by atoms with Gasteiger partial charge in [-0.1, -0.05) is 12.1 Å². The number of carbonyl (C=O) groups is 2. The number of aryl methyl sites for hydroxylation is 1. The predicted octanol–water partition coefficient (Wildman–Crippen LogP) is 1.44. The standard InChI is InChI=1S/C19H27N3O3/c1-15-4-2-6-17(12-15)21-8-10-22(11-9-21)18(23)14-20-7-3-5-16(13-20)19(24)25/h2,4,6,12,16H,3,5,7-11,13-14H2,1H3,(H,24,25). The van der Waals surface area contributed by atoms with Crippen LogP contribution in [0, 0.1) is 12.8 Å². The van der Waals surface area contributed by atoms with Crippen LogP contribution in [0.5, 0.6) is 0 Å². The van der Waals surface area contributed by atoms with E-state index in [2.05, 4.69) is 36.1 Å². The number of rotatable bonds is 4. The van der Waals surface area contributed by atoms with Crippen molar-refractivity contribution in [3.63, 3.8) is 0 Å². The highest BCUT2D eigenvalue weighted by Gasteiger charge is 2.28. The number of anilines is 1. The molecule has 0 spiro atoms. The minimum atomic E-state index is -0.746. The lowest BCUT2D eigenvalue weighted by molar-refractivity contribution is -0.145. The number of aliphatic carboxylic acids is 1. The third-order valence-corrected chi connectivity index (χ3v) is 5.21. The minimum Gasteiger partial charge on any atom is -0.481 e. The molecule has 136 valence electrons. The first-order valence-corrected chi connectivity index (χ1v) is 9.07. The molecule has 2 aliphatic heterocycles. The van der Waals surface area contributed by atoms with Gasteiger partial charge < -0.3 is 14.9 Å². The van der Waals surface area contributed by atoms with Crippen LogP contribution in [0.2, 0.25) is 0 Å². The van der Waals surface area contributed by atoms with Gasteiger partial charge >= 0.3 is 5.97 Å². The third-order valence-electron chi connectivity index (χ3n) is 5.21. The number of hydrogen-bond donors (Lipinski definition) is 1. The quantitative estimate of drug-likeness (QED) is 0.895. The van der Waals surface area contributed by atoms with Crippen molar-refractivity contribution in [2.45, 2.75) is 19.8 Å². The number of piperidine rings is 1. The fourth-order valence-electron chi connectivity index (χ4n) is 3.73. The van der Waals surface area contributed by atoms with Gasteiger partial charge in [0.05, 0.1) is 12.5 Å². The fraction of sp³-hybridized carbons (Fsp3) is 0.579. The van der Waals surface area contributed by atoms with E-state index in [-0.39, 0.29) is 11.8 Å². The average molecular weight is 345 g/mol. The van der Waals surface area contributed by atoms with Crippen LogP contribution in [0.4, 0.5) is 5.69 Å². The second-order valence-corrected chi connectivity index (χ2v) is 7.12. The van der Waals surface area contributed by atoms with Gasteiger partial charge in [-0.05, 0) is 44.0 Å². The first-order chi connectivity index (χ1) is 12.0. The van der Waals surface area contributed by atoms with E-state index < -0.39 is 5.97 Å². The number of carbonyl (C=O) groups excluding carboxylic acids is 1. The number of benzene rings is 1. The first-order valence-electron chi connectivity index (χ1n) is 9.07. The van der Waals surface area contributed by atoms with Crippen LogP contribution in [0.3, 0.4) is 0 Å². The molecule has 3 rings (SSSR count). The summed E-state index contributed by atoms with van der Waals surface area (Å²) in [5.74, 6) is -0.960. The molecule has 0 aromatic heterocycles. The largest absolute Gasteiger partial charge is 0.481 e. The molecule has 1 amide bonds. The van der Waals surface area contributed by atoms with Crippen LogP contribution < -0.4 is 4.90 Å². The van der Waals surface area contributed by atoms with Gasteiger partial charge in [0.2, 0.25) is 5.91 Å². The fourth-order valence-corrected chi connectivity index (χ4v) is 3.73. The number of carboxylic acid groups (broad SMARTS) is 1. The van der Waals surface area contributed by atoms with E-state index in [0.29, 0.717) is 13.1 Å². The van der Waals surface area contributed by atoms with Crippen molar-refractivity contribution >= 4 is 17.6 Å². The van der Waals surface area contributed by atoms with Crippen LogP contribution in [0.1, 0.15) is 18.4 Å². The Balaban J connectivity index is 1.49. The van der Waals surface area contributed by atoms with Crippen LogP contribution in [0.15, 0.2) is 24.3 Å². The molecule has 25 heavy (non-hydrogen) atoms. The average Bonchev–Trinajstić information content (AvgIpc) is 2.62. The second-order valence-electron chi connectivity index (χ2n) is 7.12. The molecule has 6 heteroatoms. The molecule has 1 unspecified atom stereocenters. The Kier molecular flexibility index (Phi) is 5.58. The molecule has 1 aromatic carbocycles. The Labute approximate surface area is 149 Å². The van der Waals surface area contributed by atoms with Gasteiger partial charge in [0.1, 0.15) is 0 Å². The van der Waals surface area contributed by atoms with Gasteiger partial charge in [0.25, 0.3) is 0 Å². The lowest BCUT2D eigenvalue weighted by Crippen LogP contribution is -2.52. The van der Waals surface area contributed by atoms with Gasteiger partial charge in [0.15, 0.2) is 0 Å². The molecule has 2 aliphatic rings. The molecule has 0 radical (unpaired) electrons. The van der Waals surface area contributed by atoms with E-state index in [1.54, 1.807) is 0 Å². The summed E-state index contributed by atoms with van der Waals surface area (Å²) in [6.45, 7) is 6.87. The van der Waals surface area contributed by atoms with Crippen LogP contribution in [-0.4, -0.2) is 72.6 Å². The predicted molar refractivity (Wildman–Crippen MR) is 96.8 cm³/mol. The smallest absolute Gasteiger partial charge is 0.307 e. The summed E-state index contributed by atoms with van der Waals surface area (Å²) in [6.07, 6.45) is 1.57. The maximum atomic E-state index is 12.6. The van der Waals surface area contributed by atoms with E-state index in [0.717, 1.165) is 45.6 Å². The Morgan fingerprint density at radius 2 is 1.92 bits per heavy atom. The van der Waals surface area contributed by atoms with Crippen molar-refractivity contribution in [2.75, 3.05) is 50.7 Å². The normalized spacial score (nSPS) is 22.0. The zero-order valence-electron chi connectivity index (χ0n) is 14.9. The Morgan fingerprint density at radius 1 is 1.16 bits per heavy atom. The molecule has 0 aliphatic carbocycles. The van der Waals surface area contributed by atoms with Crippen LogP contribution in [0.25, 0.3) is 0 Å². The van der Waals surface area contributed by atoms with E-state index in [1.807, 2.05) is 9.80 Å². The van der Waals surface area contributed by atoms with E-state index in [9.17, 15) is 9.59 Å². The zero-order valence-corrected chi connectivity index (χ0v) is 14.9. The highest BCUT2D eigenvalue weighted by molar-refractivity contribution is 5.79. The second kappa shape index (κ2) is 7.87. The van der Waals surface area contributed by atoms with Gasteiger partial charge in [-0.3, -0.25) is 14.5 Å². The van der Waals surface area contributed by atoms with Crippen molar-refractivity contribution in [2.24, 2.45) is 5.92 Å². The molecule has 1 aromatic rings. The molecule has 1 atom stereocenters. The van der Waals surface area contributed by atoms with E-state index in [4.69, 9.17) is 5.11 Å². The van der Waals surface area contributed by atoms with E-state index in [1.165, 1.54) is 11.3 Å². The summed E-state index contributed by atoms with van der Waals surface area (Å²) in [4.78, 5) is 29.9. The molecule has 1 N–H and O–H groups in total. The third kappa shape index (κ3) is 4.51. The molecular formula is C19H27N3O3. The van der Waals surface area contributed by atoms with Gasteiger partial charge in [-0.15, -0.1) is 0 Å². The van der Waals surface area contributed by atoms with Crippen molar-refractivity contribution < 1.29 is 14.7 Å². The number of hydrogen-bond acceptors (Lipinski definition) is 4. The summed E-state index contributed by atoms with van der Waals surface area (Å²) in [5, 5.41) is 9.17. The van der Waals surface area contributed by atoms with Crippen molar-refractivity contribution in [3.05, 3.63) is 29.8 Å². The SMILES string of the molecule is Cc1cccc(N2CCN(C(=O)CN3CCCC(C(=O)O)C3)CC2)c1. The summed E-state index contributed by atoms with van der Waals surface area (Å²) in [6, 6.07) is 8.45. The summed E-state index contributed by atoms with van der Waals surface area (Å²) in [5.41, 5.74) is 2.46. The van der Waals surface area contributed by atoms with Crippen molar-refractivity contribution in [3.8, 4) is 0 Å². The lowest BCUT2D eigenvalue weighted by atomic mass is 9.98. The zero-order chi connectivity index (χ0) is 17.8. The minimum absolute atomic E-state index is 0.120. The first kappa shape index (κ1) is 17.7. The Morgan fingerprint density at radius 3 is 2.60 bits per heavy atom.